The average molecular weight is 262 g/mol. The number of hydrogen-bond donors (Lipinski definition) is 1. The van der Waals surface area contributed by atoms with Gasteiger partial charge >= 0.3 is 0 Å². The zero-order valence-corrected chi connectivity index (χ0v) is 12.0. The highest BCUT2D eigenvalue weighted by Crippen LogP contribution is 2.30. The normalized spacial score (nSPS) is 23.1. The maximum atomic E-state index is 5.79. The summed E-state index contributed by atoms with van der Waals surface area (Å²) >= 11 is 0. The fraction of sp³-hybridized carbons (Fsp3) is 0.750. The van der Waals surface area contributed by atoms with Gasteiger partial charge in [0.1, 0.15) is 6.73 Å². The molecule has 1 unspecified atom stereocenters. The molecule has 106 valence electrons. The van der Waals surface area contributed by atoms with Gasteiger partial charge in [-0.25, -0.2) is 0 Å². The SMILES string of the molecule is CCNC1CCCCc2cn(COCC3CC3)cc21. The molecule has 3 heteroatoms. The van der Waals surface area contributed by atoms with E-state index in [2.05, 4.69) is 29.2 Å². The number of fused-ring (bicyclic) bond motifs is 1. The monoisotopic (exact) mass is 262 g/mol. The summed E-state index contributed by atoms with van der Waals surface area (Å²) in [5.74, 6) is 0.850. The van der Waals surface area contributed by atoms with Crippen molar-refractivity contribution in [2.45, 2.75) is 58.2 Å². The third-order valence-corrected chi connectivity index (χ3v) is 4.30. The molecule has 0 radical (unpaired) electrons. The van der Waals surface area contributed by atoms with E-state index in [0.717, 1.165) is 25.8 Å². The summed E-state index contributed by atoms with van der Waals surface area (Å²) in [5.41, 5.74) is 3.04. The molecule has 0 aliphatic heterocycles. The first-order chi connectivity index (χ1) is 9.36. The summed E-state index contributed by atoms with van der Waals surface area (Å²) in [4.78, 5) is 0. The van der Waals surface area contributed by atoms with Crippen molar-refractivity contribution in [3.05, 3.63) is 23.5 Å². The summed E-state index contributed by atoms with van der Waals surface area (Å²) in [6.45, 7) is 4.91. The summed E-state index contributed by atoms with van der Waals surface area (Å²) in [7, 11) is 0. The molecule has 1 heterocycles. The highest BCUT2D eigenvalue weighted by molar-refractivity contribution is 5.29. The van der Waals surface area contributed by atoms with Crippen LogP contribution in [0, 0.1) is 5.92 Å². The second-order valence-electron chi connectivity index (χ2n) is 6.05. The molecule has 0 saturated heterocycles. The minimum atomic E-state index is 0.548. The average Bonchev–Trinajstić information content (AvgIpc) is 3.16. The molecule has 0 spiro atoms. The van der Waals surface area contributed by atoms with E-state index in [-0.39, 0.29) is 0 Å². The first kappa shape index (κ1) is 13.2. The van der Waals surface area contributed by atoms with Crippen molar-refractivity contribution in [2.24, 2.45) is 5.92 Å². The van der Waals surface area contributed by atoms with Crippen LogP contribution in [-0.2, 0) is 17.9 Å². The Kier molecular flexibility index (Phi) is 4.24. The van der Waals surface area contributed by atoms with Crippen LogP contribution in [0.5, 0.6) is 0 Å². The van der Waals surface area contributed by atoms with Crippen molar-refractivity contribution in [3.63, 3.8) is 0 Å². The Bertz CT molecular complexity index is 409. The van der Waals surface area contributed by atoms with E-state index in [1.54, 1.807) is 0 Å². The zero-order valence-electron chi connectivity index (χ0n) is 12.0. The molecule has 1 aromatic heterocycles. The molecular formula is C16H26N2O. The van der Waals surface area contributed by atoms with Crippen molar-refractivity contribution >= 4 is 0 Å². The maximum Gasteiger partial charge on any atom is 0.122 e. The van der Waals surface area contributed by atoms with E-state index in [1.807, 2.05) is 0 Å². The molecule has 1 fully saturated rings. The topological polar surface area (TPSA) is 26.2 Å². The van der Waals surface area contributed by atoms with Gasteiger partial charge in [0.2, 0.25) is 0 Å². The van der Waals surface area contributed by atoms with Crippen LogP contribution in [0.25, 0.3) is 0 Å². The Morgan fingerprint density at radius 2 is 2.16 bits per heavy atom. The van der Waals surface area contributed by atoms with Gasteiger partial charge in [0.15, 0.2) is 0 Å². The molecule has 2 aliphatic rings. The summed E-state index contributed by atoms with van der Waals surface area (Å²) in [6, 6.07) is 0.548. The van der Waals surface area contributed by atoms with Gasteiger partial charge in [-0.1, -0.05) is 13.3 Å². The number of nitrogens with zero attached hydrogens (tertiary/aromatic N) is 1. The fourth-order valence-corrected chi connectivity index (χ4v) is 3.06. The third kappa shape index (κ3) is 3.40. The molecule has 19 heavy (non-hydrogen) atoms. The van der Waals surface area contributed by atoms with Crippen LogP contribution in [0.1, 0.15) is 56.2 Å². The lowest BCUT2D eigenvalue weighted by Crippen LogP contribution is -2.20. The standard InChI is InChI=1S/C16H26N2O/c1-2-17-16-6-4-3-5-14-9-18(10-15(14)16)12-19-11-13-7-8-13/h9-10,13,16-17H,2-8,11-12H2,1H3. The predicted octanol–water partition coefficient (Wildman–Crippen LogP) is 3.25. The van der Waals surface area contributed by atoms with Gasteiger partial charge < -0.3 is 14.6 Å². The number of aromatic nitrogens is 1. The van der Waals surface area contributed by atoms with Crippen molar-refractivity contribution in [1.29, 1.82) is 0 Å². The molecule has 0 bridgehead atoms. The molecule has 1 aromatic rings. The summed E-state index contributed by atoms with van der Waals surface area (Å²) < 4.78 is 8.03. The molecule has 1 N–H and O–H groups in total. The Labute approximate surface area is 116 Å². The maximum absolute atomic E-state index is 5.79. The van der Waals surface area contributed by atoms with E-state index in [1.165, 1.54) is 49.7 Å². The quantitative estimate of drug-likeness (QED) is 0.796. The van der Waals surface area contributed by atoms with E-state index < -0.39 is 0 Å². The van der Waals surface area contributed by atoms with Gasteiger partial charge in [0, 0.05) is 18.4 Å². The van der Waals surface area contributed by atoms with E-state index >= 15 is 0 Å². The van der Waals surface area contributed by atoms with Crippen LogP contribution in [0.2, 0.25) is 0 Å². The van der Waals surface area contributed by atoms with Crippen molar-refractivity contribution in [3.8, 4) is 0 Å². The van der Waals surface area contributed by atoms with E-state index in [4.69, 9.17) is 4.74 Å². The molecule has 3 nitrogen and oxygen atoms in total. The number of aryl methyl sites for hydroxylation is 1. The minimum Gasteiger partial charge on any atom is -0.361 e. The largest absolute Gasteiger partial charge is 0.361 e. The lowest BCUT2D eigenvalue weighted by molar-refractivity contribution is 0.0690. The molecule has 0 aromatic carbocycles. The Balaban J connectivity index is 1.64. The Hall–Kier alpha value is -0.800. The molecule has 1 saturated carbocycles. The minimum absolute atomic E-state index is 0.548. The second kappa shape index (κ2) is 6.10. The lowest BCUT2D eigenvalue weighted by Gasteiger charge is -2.15. The molecule has 1 atom stereocenters. The van der Waals surface area contributed by atoms with Gasteiger partial charge in [-0.15, -0.1) is 0 Å². The van der Waals surface area contributed by atoms with Crippen LogP contribution in [-0.4, -0.2) is 17.7 Å². The van der Waals surface area contributed by atoms with Crippen molar-refractivity contribution in [1.82, 2.24) is 9.88 Å². The molecule has 2 aliphatic carbocycles. The highest BCUT2D eigenvalue weighted by atomic mass is 16.5. The fourth-order valence-electron chi connectivity index (χ4n) is 3.06. The van der Waals surface area contributed by atoms with Gasteiger partial charge in [-0.05, 0) is 55.7 Å². The zero-order chi connectivity index (χ0) is 13.1. The molecular weight excluding hydrogens is 236 g/mol. The number of rotatable bonds is 6. The third-order valence-electron chi connectivity index (χ3n) is 4.30. The predicted molar refractivity (Wildman–Crippen MR) is 77.1 cm³/mol. The smallest absolute Gasteiger partial charge is 0.122 e. The van der Waals surface area contributed by atoms with Gasteiger partial charge in [0.25, 0.3) is 0 Å². The summed E-state index contributed by atoms with van der Waals surface area (Å²) in [5, 5.41) is 3.62. The number of nitrogens with one attached hydrogen (secondary N) is 1. The first-order valence-corrected chi connectivity index (χ1v) is 7.86. The van der Waals surface area contributed by atoms with Gasteiger partial charge in [-0.2, -0.15) is 0 Å². The molecule has 3 rings (SSSR count). The van der Waals surface area contributed by atoms with Crippen LogP contribution < -0.4 is 5.32 Å². The van der Waals surface area contributed by atoms with E-state index in [0.29, 0.717) is 6.04 Å². The van der Waals surface area contributed by atoms with Crippen molar-refractivity contribution < 1.29 is 4.74 Å². The molecule has 0 amide bonds. The lowest BCUT2D eigenvalue weighted by atomic mass is 10.0. The first-order valence-electron chi connectivity index (χ1n) is 7.86. The van der Waals surface area contributed by atoms with Crippen LogP contribution in [0.4, 0.5) is 0 Å². The number of ether oxygens (including phenoxy) is 1. The van der Waals surface area contributed by atoms with Gasteiger partial charge in [-0.3, -0.25) is 0 Å². The van der Waals surface area contributed by atoms with Crippen molar-refractivity contribution in [2.75, 3.05) is 13.2 Å². The summed E-state index contributed by atoms with van der Waals surface area (Å²) in [6.07, 6.45) is 12.5. The van der Waals surface area contributed by atoms with Crippen LogP contribution in [0.3, 0.4) is 0 Å². The van der Waals surface area contributed by atoms with E-state index in [9.17, 15) is 0 Å². The van der Waals surface area contributed by atoms with Gasteiger partial charge in [0.05, 0.1) is 6.61 Å². The Morgan fingerprint density at radius 1 is 1.26 bits per heavy atom. The Morgan fingerprint density at radius 3 is 2.95 bits per heavy atom. The highest BCUT2D eigenvalue weighted by Gasteiger charge is 2.22. The number of hydrogen-bond acceptors (Lipinski definition) is 2. The second-order valence-corrected chi connectivity index (χ2v) is 6.05. The van der Waals surface area contributed by atoms with Crippen LogP contribution in [0.15, 0.2) is 12.4 Å². The van der Waals surface area contributed by atoms with Crippen LogP contribution >= 0.6 is 0 Å².